The third-order valence-corrected chi connectivity index (χ3v) is 3.68. The summed E-state index contributed by atoms with van der Waals surface area (Å²) in [5, 5.41) is 2.93. The molecule has 1 aliphatic heterocycles. The van der Waals surface area contributed by atoms with Gasteiger partial charge in [0.05, 0.1) is 22.7 Å². The molecule has 18 heavy (non-hydrogen) atoms. The summed E-state index contributed by atoms with van der Waals surface area (Å²) in [6.07, 6.45) is 0. The largest absolute Gasteiger partial charge is 0.489 e. The molecule has 1 aromatic rings. The standard InChI is InChI=1S/C14H18BrNO2/c1-8-7-18-12-10(15)5-9(14(2,3)4)6-11(12)16-13(8)17/h5-6,8H,7H2,1-4H3,(H,16,17). The lowest BCUT2D eigenvalue weighted by atomic mass is 9.87. The van der Waals surface area contributed by atoms with E-state index in [-0.39, 0.29) is 17.2 Å². The van der Waals surface area contributed by atoms with E-state index in [1.807, 2.05) is 13.0 Å². The highest BCUT2D eigenvalue weighted by molar-refractivity contribution is 9.10. The van der Waals surface area contributed by atoms with E-state index in [2.05, 4.69) is 48.1 Å². The van der Waals surface area contributed by atoms with Crippen LogP contribution in [-0.4, -0.2) is 12.5 Å². The fourth-order valence-electron chi connectivity index (χ4n) is 1.81. The Labute approximate surface area is 116 Å². The van der Waals surface area contributed by atoms with Crippen molar-refractivity contribution >= 4 is 27.5 Å². The Balaban J connectivity index is 2.50. The molecule has 1 aliphatic rings. The van der Waals surface area contributed by atoms with Crippen molar-refractivity contribution in [1.82, 2.24) is 0 Å². The molecule has 98 valence electrons. The molecule has 2 rings (SSSR count). The van der Waals surface area contributed by atoms with Gasteiger partial charge >= 0.3 is 0 Å². The van der Waals surface area contributed by atoms with Gasteiger partial charge < -0.3 is 10.1 Å². The molecular weight excluding hydrogens is 294 g/mol. The number of anilines is 1. The number of hydrogen-bond acceptors (Lipinski definition) is 2. The fourth-order valence-corrected chi connectivity index (χ4v) is 2.38. The van der Waals surface area contributed by atoms with E-state index in [0.29, 0.717) is 6.61 Å². The zero-order valence-electron chi connectivity index (χ0n) is 11.1. The first-order chi connectivity index (χ1) is 8.29. The highest BCUT2D eigenvalue weighted by Gasteiger charge is 2.25. The number of amides is 1. The number of fused-ring (bicyclic) bond motifs is 1. The normalized spacial score (nSPS) is 19.6. The SMILES string of the molecule is CC1COc2c(Br)cc(C(C)(C)C)cc2NC1=O. The lowest BCUT2D eigenvalue weighted by molar-refractivity contribution is -0.119. The van der Waals surface area contributed by atoms with Crippen molar-refractivity contribution in [3.63, 3.8) is 0 Å². The van der Waals surface area contributed by atoms with Crippen LogP contribution in [0, 0.1) is 5.92 Å². The monoisotopic (exact) mass is 311 g/mol. The molecule has 1 amide bonds. The molecule has 0 bridgehead atoms. The smallest absolute Gasteiger partial charge is 0.230 e. The molecule has 1 unspecified atom stereocenters. The second-order valence-electron chi connectivity index (χ2n) is 5.79. The van der Waals surface area contributed by atoms with E-state index >= 15 is 0 Å². The minimum atomic E-state index is -0.137. The molecule has 0 spiro atoms. The summed E-state index contributed by atoms with van der Waals surface area (Å²) < 4.78 is 6.59. The Hall–Kier alpha value is -1.03. The maximum atomic E-state index is 11.8. The average Bonchev–Trinajstić information content (AvgIpc) is 2.38. The Kier molecular flexibility index (Phi) is 3.41. The maximum absolute atomic E-state index is 11.8. The number of hydrogen-bond donors (Lipinski definition) is 1. The summed E-state index contributed by atoms with van der Waals surface area (Å²) in [6.45, 7) is 8.70. The minimum absolute atomic E-state index is 0.00621. The van der Waals surface area contributed by atoms with Crippen LogP contribution >= 0.6 is 15.9 Å². The van der Waals surface area contributed by atoms with Crippen molar-refractivity contribution in [2.75, 3.05) is 11.9 Å². The van der Waals surface area contributed by atoms with Gasteiger partial charge in [-0.3, -0.25) is 4.79 Å². The van der Waals surface area contributed by atoms with Gasteiger partial charge in [0.1, 0.15) is 0 Å². The topological polar surface area (TPSA) is 38.3 Å². The molecule has 3 nitrogen and oxygen atoms in total. The lowest BCUT2D eigenvalue weighted by Gasteiger charge is -2.21. The summed E-state index contributed by atoms with van der Waals surface area (Å²) in [5.41, 5.74) is 1.94. The van der Waals surface area contributed by atoms with Crippen molar-refractivity contribution in [1.29, 1.82) is 0 Å². The molecule has 0 aliphatic carbocycles. The number of nitrogens with one attached hydrogen (secondary N) is 1. The Bertz CT molecular complexity index is 491. The van der Waals surface area contributed by atoms with Gasteiger partial charge in [-0.15, -0.1) is 0 Å². The van der Waals surface area contributed by atoms with E-state index in [9.17, 15) is 4.79 Å². The first kappa shape index (κ1) is 13.4. The molecular formula is C14H18BrNO2. The number of benzene rings is 1. The van der Waals surface area contributed by atoms with Crippen molar-refractivity contribution in [2.24, 2.45) is 5.92 Å². The van der Waals surface area contributed by atoms with Crippen molar-refractivity contribution < 1.29 is 9.53 Å². The van der Waals surface area contributed by atoms with Crippen LogP contribution in [0.5, 0.6) is 5.75 Å². The van der Waals surface area contributed by atoms with E-state index < -0.39 is 0 Å². The second kappa shape index (κ2) is 4.57. The summed E-state index contributed by atoms with van der Waals surface area (Å²) in [4.78, 5) is 11.8. The maximum Gasteiger partial charge on any atom is 0.230 e. The second-order valence-corrected chi connectivity index (χ2v) is 6.64. The van der Waals surface area contributed by atoms with Gasteiger partial charge in [-0.1, -0.05) is 27.7 Å². The molecule has 0 aromatic heterocycles. The van der Waals surface area contributed by atoms with E-state index in [1.165, 1.54) is 0 Å². The molecule has 0 fully saturated rings. The predicted octanol–water partition coefficient (Wildman–Crippen LogP) is 3.71. The number of ether oxygens (including phenoxy) is 1. The molecule has 1 N–H and O–H groups in total. The van der Waals surface area contributed by atoms with Gasteiger partial charge in [0, 0.05) is 0 Å². The Morgan fingerprint density at radius 2 is 2.06 bits per heavy atom. The molecule has 1 heterocycles. The van der Waals surface area contributed by atoms with Gasteiger partial charge in [0.15, 0.2) is 5.75 Å². The zero-order chi connectivity index (χ0) is 13.5. The van der Waals surface area contributed by atoms with Crippen LogP contribution < -0.4 is 10.1 Å². The zero-order valence-corrected chi connectivity index (χ0v) is 12.7. The third-order valence-electron chi connectivity index (χ3n) is 3.09. The molecule has 1 atom stereocenters. The molecule has 0 saturated carbocycles. The average molecular weight is 312 g/mol. The number of carbonyl (C=O) groups is 1. The summed E-state index contributed by atoms with van der Waals surface area (Å²) in [6, 6.07) is 4.05. The van der Waals surface area contributed by atoms with E-state index in [4.69, 9.17) is 4.74 Å². The van der Waals surface area contributed by atoms with E-state index in [0.717, 1.165) is 21.5 Å². The Morgan fingerprint density at radius 1 is 1.39 bits per heavy atom. The van der Waals surface area contributed by atoms with Crippen LogP contribution in [0.25, 0.3) is 0 Å². The predicted molar refractivity (Wildman–Crippen MR) is 76.1 cm³/mol. The minimum Gasteiger partial charge on any atom is -0.489 e. The lowest BCUT2D eigenvalue weighted by Crippen LogP contribution is -2.22. The van der Waals surface area contributed by atoms with Crippen LogP contribution in [-0.2, 0) is 10.2 Å². The summed E-state index contributed by atoms with van der Waals surface area (Å²) in [7, 11) is 0. The van der Waals surface area contributed by atoms with Crippen molar-refractivity contribution in [2.45, 2.75) is 33.1 Å². The Morgan fingerprint density at radius 3 is 2.67 bits per heavy atom. The number of halogens is 1. The van der Waals surface area contributed by atoms with Crippen LogP contribution in [0.1, 0.15) is 33.3 Å². The van der Waals surface area contributed by atoms with E-state index in [1.54, 1.807) is 0 Å². The van der Waals surface area contributed by atoms with Gasteiger partial charge in [0.25, 0.3) is 0 Å². The summed E-state index contributed by atoms with van der Waals surface area (Å²) >= 11 is 3.52. The quantitative estimate of drug-likeness (QED) is 0.793. The van der Waals surface area contributed by atoms with Crippen molar-refractivity contribution in [3.05, 3.63) is 22.2 Å². The molecule has 4 heteroatoms. The van der Waals surface area contributed by atoms with Crippen LogP contribution in [0.15, 0.2) is 16.6 Å². The summed E-state index contributed by atoms with van der Waals surface area (Å²) in [5.74, 6) is 0.592. The first-order valence-corrected chi connectivity index (χ1v) is 6.86. The molecule has 0 radical (unpaired) electrons. The molecule has 0 saturated heterocycles. The first-order valence-electron chi connectivity index (χ1n) is 6.06. The fraction of sp³-hybridized carbons (Fsp3) is 0.500. The highest BCUT2D eigenvalue weighted by atomic mass is 79.9. The number of rotatable bonds is 0. The van der Waals surface area contributed by atoms with Gasteiger partial charge in [-0.05, 0) is 39.0 Å². The number of carbonyl (C=O) groups excluding carboxylic acids is 1. The third kappa shape index (κ3) is 2.53. The van der Waals surface area contributed by atoms with Crippen molar-refractivity contribution in [3.8, 4) is 5.75 Å². The van der Waals surface area contributed by atoms with Gasteiger partial charge in [0.2, 0.25) is 5.91 Å². The van der Waals surface area contributed by atoms with Gasteiger partial charge in [-0.25, -0.2) is 0 Å². The van der Waals surface area contributed by atoms with Crippen LogP contribution in [0.3, 0.4) is 0 Å². The highest BCUT2D eigenvalue weighted by Crippen LogP contribution is 2.39. The van der Waals surface area contributed by atoms with Crippen LogP contribution in [0.4, 0.5) is 5.69 Å². The van der Waals surface area contributed by atoms with Crippen LogP contribution in [0.2, 0.25) is 0 Å². The van der Waals surface area contributed by atoms with Gasteiger partial charge in [-0.2, -0.15) is 0 Å². The molecule has 1 aromatic carbocycles.